The fraction of sp³-hybridized carbons (Fsp3) is 1.00. The van der Waals surface area contributed by atoms with Crippen molar-refractivity contribution in [2.45, 2.75) is 32.1 Å². The zero-order chi connectivity index (χ0) is 9.10. The summed E-state index contributed by atoms with van der Waals surface area (Å²) in [6, 6.07) is 0. The van der Waals surface area contributed by atoms with Crippen LogP contribution < -0.4 is 0 Å². The van der Waals surface area contributed by atoms with Crippen LogP contribution in [-0.2, 0) is 0 Å². The summed E-state index contributed by atoms with van der Waals surface area (Å²) in [6.07, 6.45) is 7.36. The zero-order valence-corrected chi connectivity index (χ0v) is 9.10. The van der Waals surface area contributed by atoms with Gasteiger partial charge in [0, 0.05) is 19.0 Å². The Morgan fingerprint density at radius 2 is 1.85 bits per heavy atom. The van der Waals surface area contributed by atoms with Crippen LogP contribution in [0.4, 0.5) is 0 Å². The van der Waals surface area contributed by atoms with Gasteiger partial charge in [-0.05, 0) is 31.2 Å². The van der Waals surface area contributed by atoms with Crippen molar-refractivity contribution in [1.29, 1.82) is 0 Å². The maximum absolute atomic E-state index is 5.77. The maximum atomic E-state index is 5.77. The van der Waals surface area contributed by atoms with Crippen molar-refractivity contribution in [3.63, 3.8) is 0 Å². The van der Waals surface area contributed by atoms with Crippen molar-refractivity contribution in [2.75, 3.05) is 25.5 Å². The van der Waals surface area contributed by atoms with Crippen LogP contribution in [0.3, 0.4) is 0 Å². The highest BCUT2D eigenvalue weighted by Crippen LogP contribution is 2.35. The summed E-state index contributed by atoms with van der Waals surface area (Å²) in [5.41, 5.74) is 0. The molecule has 0 aromatic carbocycles. The van der Waals surface area contributed by atoms with Gasteiger partial charge in [0.25, 0.3) is 0 Å². The normalized spacial score (nSPS) is 35.8. The first-order valence-electron chi connectivity index (χ1n) is 5.68. The number of nitrogens with zero attached hydrogens (tertiary/aromatic N) is 1. The van der Waals surface area contributed by atoms with Gasteiger partial charge in [-0.25, -0.2) is 0 Å². The summed E-state index contributed by atoms with van der Waals surface area (Å²) in [4.78, 5) is 2.56. The number of halogens is 1. The molecular formula is C11H20ClN. The lowest BCUT2D eigenvalue weighted by atomic mass is 9.75. The molecule has 0 aromatic rings. The molecule has 13 heavy (non-hydrogen) atoms. The first kappa shape index (κ1) is 9.79. The Bertz CT molecular complexity index is 160. The fourth-order valence-electron chi connectivity index (χ4n) is 3.00. The van der Waals surface area contributed by atoms with Gasteiger partial charge in [-0.1, -0.05) is 19.3 Å². The molecule has 1 aliphatic carbocycles. The summed E-state index contributed by atoms with van der Waals surface area (Å²) < 4.78 is 0. The molecule has 2 atom stereocenters. The van der Waals surface area contributed by atoms with Crippen LogP contribution >= 0.6 is 11.6 Å². The van der Waals surface area contributed by atoms with Crippen LogP contribution in [0.1, 0.15) is 32.1 Å². The molecule has 2 heteroatoms. The molecule has 76 valence electrons. The van der Waals surface area contributed by atoms with E-state index in [0.29, 0.717) is 0 Å². The summed E-state index contributed by atoms with van der Waals surface area (Å²) in [6.45, 7) is 3.73. The molecule has 1 saturated carbocycles. The van der Waals surface area contributed by atoms with Crippen molar-refractivity contribution in [1.82, 2.24) is 4.90 Å². The third-order valence-electron chi connectivity index (χ3n) is 3.78. The molecule has 2 fully saturated rings. The van der Waals surface area contributed by atoms with E-state index in [1.165, 1.54) is 45.2 Å². The number of hydrogen-bond acceptors (Lipinski definition) is 1. The lowest BCUT2D eigenvalue weighted by molar-refractivity contribution is 0.0914. The van der Waals surface area contributed by atoms with Gasteiger partial charge in [0.05, 0.1) is 0 Å². The van der Waals surface area contributed by atoms with E-state index in [2.05, 4.69) is 4.90 Å². The molecule has 0 N–H and O–H groups in total. The van der Waals surface area contributed by atoms with Crippen LogP contribution in [0, 0.1) is 11.8 Å². The molecule has 1 saturated heterocycles. The molecule has 2 aliphatic rings. The predicted molar refractivity (Wildman–Crippen MR) is 57.2 cm³/mol. The van der Waals surface area contributed by atoms with Crippen LogP contribution in [0.2, 0.25) is 0 Å². The Morgan fingerprint density at radius 1 is 1.08 bits per heavy atom. The third kappa shape index (κ3) is 2.38. The Morgan fingerprint density at radius 3 is 2.62 bits per heavy atom. The van der Waals surface area contributed by atoms with Gasteiger partial charge in [-0.2, -0.15) is 0 Å². The smallest absolute Gasteiger partial charge is 0.0351 e. The van der Waals surface area contributed by atoms with Crippen LogP contribution in [-0.4, -0.2) is 30.4 Å². The summed E-state index contributed by atoms with van der Waals surface area (Å²) in [7, 11) is 0. The van der Waals surface area contributed by atoms with Gasteiger partial charge in [0.15, 0.2) is 0 Å². The van der Waals surface area contributed by atoms with Crippen LogP contribution in [0.5, 0.6) is 0 Å². The largest absolute Gasteiger partial charge is 0.302 e. The molecule has 1 aliphatic heterocycles. The van der Waals surface area contributed by atoms with Gasteiger partial charge < -0.3 is 4.90 Å². The predicted octanol–water partition coefficient (Wildman–Crippen LogP) is 2.74. The number of rotatable bonds is 2. The van der Waals surface area contributed by atoms with Gasteiger partial charge >= 0.3 is 0 Å². The highest BCUT2D eigenvalue weighted by molar-refractivity contribution is 6.18. The second kappa shape index (κ2) is 4.65. The van der Waals surface area contributed by atoms with E-state index >= 15 is 0 Å². The van der Waals surface area contributed by atoms with E-state index in [9.17, 15) is 0 Å². The van der Waals surface area contributed by atoms with E-state index in [1.807, 2.05) is 0 Å². The van der Waals surface area contributed by atoms with Crippen molar-refractivity contribution >= 4 is 11.6 Å². The molecule has 0 aromatic heterocycles. The molecule has 2 unspecified atom stereocenters. The lowest BCUT2D eigenvalue weighted by Gasteiger charge is -2.41. The van der Waals surface area contributed by atoms with E-state index in [1.54, 1.807) is 0 Å². The molecule has 1 nitrogen and oxygen atoms in total. The highest BCUT2D eigenvalue weighted by Gasteiger charge is 2.30. The van der Waals surface area contributed by atoms with Crippen molar-refractivity contribution in [2.24, 2.45) is 11.8 Å². The maximum Gasteiger partial charge on any atom is 0.0351 e. The van der Waals surface area contributed by atoms with Gasteiger partial charge in [-0.3, -0.25) is 0 Å². The second-order valence-electron chi connectivity index (χ2n) is 4.58. The number of hydrogen-bond donors (Lipinski definition) is 0. The summed E-state index contributed by atoms with van der Waals surface area (Å²) in [5.74, 6) is 2.86. The van der Waals surface area contributed by atoms with Crippen molar-refractivity contribution < 1.29 is 0 Å². The van der Waals surface area contributed by atoms with Gasteiger partial charge in [0.1, 0.15) is 0 Å². The molecule has 0 spiro atoms. The van der Waals surface area contributed by atoms with E-state index in [4.69, 9.17) is 11.6 Å². The Labute approximate surface area is 86.4 Å². The van der Waals surface area contributed by atoms with E-state index in [0.717, 1.165) is 24.3 Å². The Kier molecular flexibility index (Phi) is 3.51. The molecular weight excluding hydrogens is 182 g/mol. The first-order valence-corrected chi connectivity index (χ1v) is 6.22. The minimum atomic E-state index is 0.803. The average molecular weight is 202 g/mol. The standard InChI is InChI=1S/C11H20ClN/c12-6-8-13-7-5-10-3-1-2-4-11(10)9-13/h10-11H,1-9H2. The second-order valence-corrected chi connectivity index (χ2v) is 4.96. The quantitative estimate of drug-likeness (QED) is 0.622. The summed E-state index contributed by atoms with van der Waals surface area (Å²) in [5, 5.41) is 0. The van der Waals surface area contributed by atoms with E-state index in [-0.39, 0.29) is 0 Å². The first-order chi connectivity index (χ1) is 6.40. The Hall–Kier alpha value is 0.250. The number of fused-ring (bicyclic) bond motifs is 1. The summed E-state index contributed by atoms with van der Waals surface area (Å²) >= 11 is 5.77. The molecule has 1 heterocycles. The minimum absolute atomic E-state index is 0.803. The fourth-order valence-corrected chi connectivity index (χ4v) is 3.24. The molecule has 2 rings (SSSR count). The molecule has 0 radical (unpaired) electrons. The lowest BCUT2D eigenvalue weighted by Crippen LogP contribution is -2.42. The zero-order valence-electron chi connectivity index (χ0n) is 8.34. The minimum Gasteiger partial charge on any atom is -0.302 e. The average Bonchev–Trinajstić information content (AvgIpc) is 2.18. The third-order valence-corrected chi connectivity index (χ3v) is 3.95. The molecule has 0 bridgehead atoms. The van der Waals surface area contributed by atoms with Gasteiger partial charge in [0.2, 0.25) is 0 Å². The monoisotopic (exact) mass is 201 g/mol. The number of piperidine rings is 1. The number of alkyl halides is 1. The van der Waals surface area contributed by atoms with Crippen LogP contribution in [0.25, 0.3) is 0 Å². The molecule has 0 amide bonds. The van der Waals surface area contributed by atoms with Crippen molar-refractivity contribution in [3.8, 4) is 0 Å². The SMILES string of the molecule is ClCCN1CCC2CCCCC2C1. The Balaban J connectivity index is 1.84. The van der Waals surface area contributed by atoms with Crippen LogP contribution in [0.15, 0.2) is 0 Å². The van der Waals surface area contributed by atoms with Gasteiger partial charge in [-0.15, -0.1) is 11.6 Å². The highest BCUT2D eigenvalue weighted by atomic mass is 35.5. The topological polar surface area (TPSA) is 3.24 Å². The van der Waals surface area contributed by atoms with E-state index < -0.39 is 0 Å². The van der Waals surface area contributed by atoms with Crippen molar-refractivity contribution in [3.05, 3.63) is 0 Å². The number of likely N-dealkylation sites (tertiary alicyclic amines) is 1.